The van der Waals surface area contributed by atoms with Crippen molar-refractivity contribution >= 4 is 23.9 Å². The maximum Gasteiger partial charge on any atom is 0.327 e. The van der Waals surface area contributed by atoms with Crippen molar-refractivity contribution < 1.29 is 19.2 Å². The van der Waals surface area contributed by atoms with Gasteiger partial charge in [-0.3, -0.25) is 9.59 Å². The molecule has 192 valence electrons. The topological polar surface area (TPSA) is 98.8 Å². The van der Waals surface area contributed by atoms with E-state index in [0.717, 1.165) is 9.80 Å². The van der Waals surface area contributed by atoms with Gasteiger partial charge in [-0.05, 0) is 22.3 Å². The number of nitrogens with one attached hydrogen (secondary N) is 2. The summed E-state index contributed by atoms with van der Waals surface area (Å²) >= 11 is 0. The van der Waals surface area contributed by atoms with Gasteiger partial charge in [-0.1, -0.05) is 121 Å². The van der Waals surface area contributed by atoms with Crippen molar-refractivity contribution in [3.8, 4) is 0 Å². The molecule has 6 amide bonds. The van der Waals surface area contributed by atoms with Crippen molar-refractivity contribution in [2.24, 2.45) is 0 Å². The van der Waals surface area contributed by atoms with Crippen molar-refractivity contribution in [3.05, 3.63) is 144 Å². The lowest BCUT2D eigenvalue weighted by atomic mass is 9.82. The number of benzene rings is 4. The average molecular weight is 517 g/mol. The number of nitrogens with zero attached hydrogens (tertiary/aromatic N) is 2. The van der Waals surface area contributed by atoms with Crippen LogP contribution in [0, 0.1) is 0 Å². The second-order valence-corrected chi connectivity index (χ2v) is 9.43. The molecule has 4 aromatic rings. The van der Waals surface area contributed by atoms with E-state index in [4.69, 9.17) is 0 Å². The fourth-order valence-corrected chi connectivity index (χ4v) is 5.42. The minimum Gasteiger partial charge on any atom is -0.315 e. The second-order valence-electron chi connectivity index (χ2n) is 9.43. The van der Waals surface area contributed by atoms with Crippen LogP contribution in [0.3, 0.4) is 0 Å². The fraction of sp³-hybridized carbons (Fsp3) is 0.0968. The first-order valence-corrected chi connectivity index (χ1v) is 12.5. The summed E-state index contributed by atoms with van der Waals surface area (Å²) in [4.78, 5) is 56.8. The Morgan fingerprint density at radius 3 is 0.949 bits per heavy atom. The van der Waals surface area contributed by atoms with E-state index in [1.54, 1.807) is 97.1 Å². The highest BCUT2D eigenvalue weighted by atomic mass is 16.2. The van der Waals surface area contributed by atoms with E-state index in [2.05, 4.69) is 10.6 Å². The summed E-state index contributed by atoms with van der Waals surface area (Å²) in [6.45, 7) is -0.543. The Bertz CT molecular complexity index is 1360. The largest absolute Gasteiger partial charge is 0.327 e. The van der Waals surface area contributed by atoms with Crippen LogP contribution in [0.1, 0.15) is 22.3 Å². The van der Waals surface area contributed by atoms with Gasteiger partial charge in [-0.2, -0.15) is 0 Å². The van der Waals surface area contributed by atoms with Crippen LogP contribution in [0.15, 0.2) is 121 Å². The lowest BCUT2D eigenvalue weighted by Crippen LogP contribution is -2.48. The van der Waals surface area contributed by atoms with Crippen LogP contribution >= 0.6 is 0 Å². The molecule has 0 aromatic heterocycles. The Morgan fingerprint density at radius 1 is 0.436 bits per heavy atom. The summed E-state index contributed by atoms with van der Waals surface area (Å²) < 4.78 is 0. The Balaban J connectivity index is 1.40. The highest BCUT2D eigenvalue weighted by Crippen LogP contribution is 2.39. The molecule has 2 heterocycles. The Hall–Kier alpha value is -5.24. The first-order chi connectivity index (χ1) is 19.0. The molecule has 0 radical (unpaired) electrons. The lowest BCUT2D eigenvalue weighted by Gasteiger charge is -2.29. The number of amides is 6. The minimum absolute atomic E-state index is 0.543. The molecule has 2 N–H and O–H groups in total. The maximum atomic E-state index is 14.1. The third-order valence-electron chi connectivity index (χ3n) is 7.32. The molecule has 0 saturated carbocycles. The number of hydrogen-bond acceptors (Lipinski definition) is 4. The number of hydrogen-bond donors (Lipinski definition) is 2. The zero-order valence-corrected chi connectivity index (χ0v) is 20.8. The van der Waals surface area contributed by atoms with E-state index >= 15 is 0 Å². The van der Waals surface area contributed by atoms with Crippen LogP contribution in [-0.2, 0) is 20.7 Å². The Morgan fingerprint density at radius 2 is 0.692 bits per heavy atom. The molecule has 0 bridgehead atoms. The zero-order valence-electron chi connectivity index (χ0n) is 20.8. The molecule has 39 heavy (non-hydrogen) atoms. The lowest BCUT2D eigenvalue weighted by molar-refractivity contribution is -0.135. The summed E-state index contributed by atoms with van der Waals surface area (Å²) in [5, 5.41) is 5.71. The third kappa shape index (κ3) is 3.60. The first kappa shape index (κ1) is 24.1. The molecule has 4 aromatic carbocycles. The van der Waals surface area contributed by atoms with Crippen molar-refractivity contribution in [2.45, 2.75) is 11.1 Å². The molecule has 2 fully saturated rings. The monoisotopic (exact) mass is 516 g/mol. The molecule has 2 aliphatic rings. The third-order valence-corrected chi connectivity index (χ3v) is 7.32. The molecule has 2 aliphatic heterocycles. The number of carbonyl (C=O) groups is 4. The summed E-state index contributed by atoms with van der Waals surface area (Å²) in [5.74, 6) is -1.16. The van der Waals surface area contributed by atoms with Crippen molar-refractivity contribution in [2.75, 3.05) is 6.67 Å². The Kier molecular flexibility index (Phi) is 5.72. The maximum absolute atomic E-state index is 14.1. The normalized spacial score (nSPS) is 17.7. The van der Waals surface area contributed by atoms with Crippen LogP contribution in [0.5, 0.6) is 0 Å². The summed E-state index contributed by atoms with van der Waals surface area (Å²) in [6.07, 6.45) is 0. The van der Waals surface area contributed by atoms with Gasteiger partial charge in [0.15, 0.2) is 11.1 Å². The quantitative estimate of drug-likeness (QED) is 0.380. The number of urea groups is 2. The van der Waals surface area contributed by atoms with Crippen LogP contribution in [0.4, 0.5) is 9.59 Å². The van der Waals surface area contributed by atoms with Gasteiger partial charge in [0.2, 0.25) is 0 Å². The molecular weight excluding hydrogens is 492 g/mol. The van der Waals surface area contributed by atoms with E-state index in [1.165, 1.54) is 0 Å². The average Bonchev–Trinajstić information content (AvgIpc) is 3.40. The van der Waals surface area contributed by atoms with Crippen LogP contribution < -0.4 is 10.6 Å². The van der Waals surface area contributed by atoms with Gasteiger partial charge in [0, 0.05) is 0 Å². The summed E-state index contributed by atoms with van der Waals surface area (Å²) in [6, 6.07) is 34.3. The van der Waals surface area contributed by atoms with Gasteiger partial charge >= 0.3 is 12.1 Å². The molecule has 6 rings (SSSR count). The van der Waals surface area contributed by atoms with E-state index in [1.807, 2.05) is 24.3 Å². The van der Waals surface area contributed by atoms with Gasteiger partial charge < -0.3 is 10.6 Å². The fourth-order valence-electron chi connectivity index (χ4n) is 5.42. The second kappa shape index (κ2) is 9.25. The zero-order chi connectivity index (χ0) is 27.0. The summed E-state index contributed by atoms with van der Waals surface area (Å²) in [7, 11) is 0. The number of imide groups is 2. The molecular formula is C31H24N4O4. The molecule has 0 aliphatic carbocycles. The van der Waals surface area contributed by atoms with E-state index in [9.17, 15) is 19.2 Å². The molecule has 8 heteroatoms. The SMILES string of the molecule is O=C1NC(c2ccccc2)(c2ccccc2)C(=O)N1CN1C(=O)NC(c2ccccc2)(c2ccccc2)C1=O. The highest BCUT2D eigenvalue weighted by molar-refractivity contribution is 6.12. The molecule has 0 spiro atoms. The summed E-state index contributed by atoms with van der Waals surface area (Å²) in [5.41, 5.74) is -0.743. The highest BCUT2D eigenvalue weighted by Gasteiger charge is 2.58. The Labute approximate surface area is 224 Å². The van der Waals surface area contributed by atoms with Gasteiger partial charge in [-0.15, -0.1) is 0 Å². The predicted molar refractivity (Wildman–Crippen MR) is 143 cm³/mol. The van der Waals surface area contributed by atoms with Crippen molar-refractivity contribution in [1.82, 2.24) is 20.4 Å². The number of rotatable bonds is 6. The standard InChI is InChI=1S/C31H24N4O4/c36-26-30(22-13-5-1-6-14-22,23-15-7-2-8-16-23)32-28(38)34(26)21-35-27(37)31(33-29(35)39,24-17-9-3-10-18-24)25-19-11-4-12-20-25/h1-20H,21H2,(H,32,38)(H,33,39). The van der Waals surface area contributed by atoms with E-state index in [0.29, 0.717) is 22.3 Å². The van der Waals surface area contributed by atoms with Gasteiger partial charge in [0.1, 0.15) is 6.67 Å². The van der Waals surface area contributed by atoms with E-state index < -0.39 is 41.6 Å². The van der Waals surface area contributed by atoms with Gasteiger partial charge in [0.25, 0.3) is 11.8 Å². The van der Waals surface area contributed by atoms with Crippen molar-refractivity contribution in [1.29, 1.82) is 0 Å². The first-order valence-electron chi connectivity index (χ1n) is 12.5. The molecule has 8 nitrogen and oxygen atoms in total. The van der Waals surface area contributed by atoms with Gasteiger partial charge in [0.05, 0.1) is 0 Å². The van der Waals surface area contributed by atoms with Gasteiger partial charge in [-0.25, -0.2) is 19.4 Å². The van der Waals surface area contributed by atoms with Crippen LogP contribution in [-0.4, -0.2) is 40.3 Å². The number of carbonyl (C=O) groups excluding carboxylic acids is 4. The predicted octanol–water partition coefficient (Wildman–Crippen LogP) is 3.94. The molecule has 0 unspecified atom stereocenters. The van der Waals surface area contributed by atoms with Crippen molar-refractivity contribution in [3.63, 3.8) is 0 Å². The van der Waals surface area contributed by atoms with Crippen LogP contribution in [0.25, 0.3) is 0 Å². The van der Waals surface area contributed by atoms with E-state index in [-0.39, 0.29) is 0 Å². The molecule has 0 atom stereocenters. The molecule has 2 saturated heterocycles. The van der Waals surface area contributed by atoms with Crippen LogP contribution in [0.2, 0.25) is 0 Å². The smallest absolute Gasteiger partial charge is 0.315 e. The minimum atomic E-state index is -1.51.